The van der Waals surface area contributed by atoms with Gasteiger partial charge >= 0.3 is 0 Å². The molecule has 1 fully saturated rings. The first-order chi connectivity index (χ1) is 10.6. The molecule has 1 saturated heterocycles. The average Bonchev–Trinajstić information content (AvgIpc) is 2.53. The number of thioether (sulfide) groups is 1. The molecule has 0 saturated carbocycles. The third-order valence-electron chi connectivity index (χ3n) is 4.50. The van der Waals surface area contributed by atoms with Crippen LogP contribution in [-0.4, -0.2) is 46.8 Å². The highest BCUT2D eigenvalue weighted by molar-refractivity contribution is 8.00. The number of aliphatic hydroxyl groups excluding tert-OH is 1. The van der Waals surface area contributed by atoms with E-state index < -0.39 is 0 Å². The minimum absolute atomic E-state index is 0.0294. The molecule has 2 amide bonds. The van der Waals surface area contributed by atoms with Crippen molar-refractivity contribution in [3.05, 3.63) is 23.8 Å². The number of nitrogens with one attached hydrogen (secondary N) is 1. The molecule has 2 unspecified atom stereocenters. The number of anilines is 1. The number of carbonyl (C=O) groups excluding carboxylic acids is 2. The van der Waals surface area contributed by atoms with Crippen molar-refractivity contribution >= 4 is 29.3 Å². The van der Waals surface area contributed by atoms with E-state index in [2.05, 4.69) is 5.32 Å². The number of aliphatic hydroxyl groups is 1. The lowest BCUT2D eigenvalue weighted by Gasteiger charge is -2.38. The van der Waals surface area contributed by atoms with Gasteiger partial charge in [0.25, 0.3) is 5.91 Å². The Kier molecular flexibility index (Phi) is 4.40. The maximum atomic E-state index is 12.8. The van der Waals surface area contributed by atoms with Gasteiger partial charge in [-0.25, -0.2) is 0 Å². The number of fused-ring (bicyclic) bond motifs is 1. The lowest BCUT2D eigenvalue weighted by Crippen LogP contribution is -2.47. The zero-order valence-electron chi connectivity index (χ0n) is 12.5. The third-order valence-corrected chi connectivity index (χ3v) is 5.58. The van der Waals surface area contributed by atoms with Crippen LogP contribution in [0.1, 0.15) is 30.1 Å². The highest BCUT2D eigenvalue weighted by Gasteiger charge is 2.31. The van der Waals surface area contributed by atoms with Crippen molar-refractivity contribution in [2.45, 2.75) is 30.7 Å². The van der Waals surface area contributed by atoms with E-state index in [9.17, 15) is 14.7 Å². The SMILES string of the molecule is CC1C(CO)CCCN1C(=O)c1ccc2c(c1)NC(=O)CS2. The fourth-order valence-electron chi connectivity index (χ4n) is 3.14. The maximum absolute atomic E-state index is 12.8. The standard InChI is InChI=1S/C16H20N2O3S/c1-10-12(8-19)3-2-6-18(10)16(21)11-4-5-14-13(7-11)17-15(20)9-22-14/h4-5,7,10,12,19H,2-3,6,8-9H2,1H3,(H,17,20). The minimum Gasteiger partial charge on any atom is -0.396 e. The van der Waals surface area contributed by atoms with Gasteiger partial charge in [0.15, 0.2) is 0 Å². The Morgan fingerprint density at radius 2 is 2.32 bits per heavy atom. The molecule has 6 heteroatoms. The van der Waals surface area contributed by atoms with Crippen molar-refractivity contribution in [2.75, 3.05) is 24.2 Å². The molecule has 5 nitrogen and oxygen atoms in total. The summed E-state index contributed by atoms with van der Waals surface area (Å²) in [5, 5.41) is 12.2. The van der Waals surface area contributed by atoms with Gasteiger partial charge in [0.05, 0.1) is 11.4 Å². The Hall–Kier alpha value is -1.53. The van der Waals surface area contributed by atoms with Crippen LogP contribution in [0.3, 0.4) is 0 Å². The van der Waals surface area contributed by atoms with Gasteiger partial charge in [-0.3, -0.25) is 9.59 Å². The molecule has 2 N–H and O–H groups in total. The fourth-order valence-corrected chi connectivity index (χ4v) is 3.92. The summed E-state index contributed by atoms with van der Waals surface area (Å²) >= 11 is 1.49. The normalized spacial score (nSPS) is 24.6. The highest BCUT2D eigenvalue weighted by Crippen LogP contribution is 2.33. The van der Waals surface area contributed by atoms with E-state index in [1.165, 1.54) is 11.8 Å². The molecule has 22 heavy (non-hydrogen) atoms. The number of hydrogen-bond donors (Lipinski definition) is 2. The molecule has 118 valence electrons. The van der Waals surface area contributed by atoms with E-state index in [1.54, 1.807) is 6.07 Å². The van der Waals surface area contributed by atoms with Crippen LogP contribution >= 0.6 is 11.8 Å². The number of likely N-dealkylation sites (tertiary alicyclic amines) is 1. The van der Waals surface area contributed by atoms with Crippen LogP contribution in [0.4, 0.5) is 5.69 Å². The molecule has 0 aliphatic carbocycles. The van der Waals surface area contributed by atoms with Crippen molar-refractivity contribution in [1.82, 2.24) is 4.90 Å². The smallest absolute Gasteiger partial charge is 0.254 e. The van der Waals surface area contributed by atoms with Gasteiger partial charge in [0.1, 0.15) is 0 Å². The number of piperidine rings is 1. The van der Waals surface area contributed by atoms with E-state index in [4.69, 9.17) is 0 Å². The quantitative estimate of drug-likeness (QED) is 0.874. The van der Waals surface area contributed by atoms with Crippen molar-refractivity contribution < 1.29 is 14.7 Å². The summed E-state index contributed by atoms with van der Waals surface area (Å²) < 4.78 is 0. The van der Waals surface area contributed by atoms with Crippen LogP contribution in [-0.2, 0) is 4.79 Å². The molecular weight excluding hydrogens is 300 g/mol. The van der Waals surface area contributed by atoms with E-state index in [1.807, 2.05) is 24.0 Å². The number of hydrogen-bond acceptors (Lipinski definition) is 4. The minimum atomic E-state index is -0.0335. The Labute approximate surface area is 134 Å². The first-order valence-corrected chi connectivity index (χ1v) is 8.57. The predicted molar refractivity (Wildman–Crippen MR) is 86.1 cm³/mol. The van der Waals surface area contributed by atoms with Crippen LogP contribution in [0.2, 0.25) is 0 Å². The first-order valence-electron chi connectivity index (χ1n) is 7.58. The second-order valence-electron chi connectivity index (χ2n) is 5.87. The molecule has 0 spiro atoms. The molecule has 2 aliphatic rings. The van der Waals surface area contributed by atoms with Crippen molar-refractivity contribution in [3.8, 4) is 0 Å². The predicted octanol–water partition coefficient (Wildman–Crippen LogP) is 1.96. The summed E-state index contributed by atoms with van der Waals surface area (Å²) in [6, 6.07) is 5.51. The Bertz CT molecular complexity index is 605. The summed E-state index contributed by atoms with van der Waals surface area (Å²) in [6.45, 7) is 2.82. The molecule has 2 atom stereocenters. The second kappa shape index (κ2) is 6.30. The second-order valence-corrected chi connectivity index (χ2v) is 6.89. The molecule has 3 rings (SSSR count). The van der Waals surface area contributed by atoms with Gasteiger partial charge in [-0.15, -0.1) is 11.8 Å². The topological polar surface area (TPSA) is 69.6 Å². The van der Waals surface area contributed by atoms with E-state index in [0.717, 1.165) is 23.4 Å². The number of nitrogens with zero attached hydrogens (tertiary/aromatic N) is 1. The Balaban J connectivity index is 1.83. The van der Waals surface area contributed by atoms with Crippen LogP contribution in [0.25, 0.3) is 0 Å². The number of amides is 2. The fraction of sp³-hybridized carbons (Fsp3) is 0.500. The van der Waals surface area contributed by atoms with Gasteiger partial charge in [0.2, 0.25) is 5.91 Å². The largest absolute Gasteiger partial charge is 0.396 e. The molecule has 1 aromatic rings. The van der Waals surface area contributed by atoms with Gasteiger partial charge in [-0.05, 0) is 38.0 Å². The molecule has 2 heterocycles. The van der Waals surface area contributed by atoms with Crippen molar-refractivity contribution in [3.63, 3.8) is 0 Å². The number of carbonyl (C=O) groups is 2. The van der Waals surface area contributed by atoms with E-state index in [-0.39, 0.29) is 30.4 Å². The summed E-state index contributed by atoms with van der Waals surface area (Å²) in [5.41, 5.74) is 1.31. The molecule has 2 aliphatic heterocycles. The molecule has 0 aromatic heterocycles. The monoisotopic (exact) mass is 320 g/mol. The van der Waals surface area contributed by atoms with Crippen LogP contribution in [0.15, 0.2) is 23.1 Å². The molecule has 1 aromatic carbocycles. The Morgan fingerprint density at radius 3 is 3.09 bits per heavy atom. The van der Waals surface area contributed by atoms with E-state index in [0.29, 0.717) is 17.9 Å². The average molecular weight is 320 g/mol. The lowest BCUT2D eigenvalue weighted by atomic mass is 9.90. The first kappa shape index (κ1) is 15.4. The maximum Gasteiger partial charge on any atom is 0.254 e. The van der Waals surface area contributed by atoms with Crippen LogP contribution in [0.5, 0.6) is 0 Å². The van der Waals surface area contributed by atoms with Crippen LogP contribution < -0.4 is 5.32 Å². The number of rotatable bonds is 2. The van der Waals surface area contributed by atoms with Gasteiger partial charge in [0, 0.05) is 35.6 Å². The summed E-state index contributed by atoms with van der Waals surface area (Å²) in [7, 11) is 0. The molecular formula is C16H20N2O3S. The number of benzene rings is 1. The summed E-state index contributed by atoms with van der Waals surface area (Å²) in [5.74, 6) is 0.499. The van der Waals surface area contributed by atoms with E-state index >= 15 is 0 Å². The molecule has 0 bridgehead atoms. The zero-order valence-corrected chi connectivity index (χ0v) is 13.4. The third kappa shape index (κ3) is 2.85. The lowest BCUT2D eigenvalue weighted by molar-refractivity contribution is -0.113. The van der Waals surface area contributed by atoms with Crippen LogP contribution in [0, 0.1) is 5.92 Å². The summed E-state index contributed by atoms with van der Waals surface area (Å²) in [4.78, 5) is 27.1. The van der Waals surface area contributed by atoms with Crippen molar-refractivity contribution in [1.29, 1.82) is 0 Å². The molecule has 0 radical (unpaired) electrons. The Morgan fingerprint density at radius 1 is 1.50 bits per heavy atom. The summed E-state index contributed by atoms with van der Waals surface area (Å²) in [6.07, 6.45) is 1.87. The van der Waals surface area contributed by atoms with Gasteiger partial charge < -0.3 is 15.3 Å². The zero-order chi connectivity index (χ0) is 15.7. The highest BCUT2D eigenvalue weighted by atomic mass is 32.2. The van der Waals surface area contributed by atoms with Gasteiger partial charge in [-0.2, -0.15) is 0 Å². The van der Waals surface area contributed by atoms with Gasteiger partial charge in [-0.1, -0.05) is 0 Å². The van der Waals surface area contributed by atoms with Crippen molar-refractivity contribution in [2.24, 2.45) is 5.92 Å².